The summed E-state index contributed by atoms with van der Waals surface area (Å²) in [7, 11) is 0. The van der Waals surface area contributed by atoms with Crippen LogP contribution < -0.4 is 5.32 Å². The molecule has 0 radical (unpaired) electrons. The summed E-state index contributed by atoms with van der Waals surface area (Å²) in [6.45, 7) is 0.0748. The number of oxime groups is 1. The molecular weight excluding hydrogens is 368 g/mol. The first-order valence-electron chi connectivity index (χ1n) is 10.2. The first kappa shape index (κ1) is 16.9. The van der Waals surface area contributed by atoms with Crippen LogP contribution in [0.2, 0.25) is 0 Å². The lowest BCUT2D eigenvalue weighted by atomic mass is 9.90. The zero-order valence-electron chi connectivity index (χ0n) is 15.8. The van der Waals surface area contributed by atoms with Crippen molar-refractivity contribution in [2.45, 2.75) is 37.5 Å². The van der Waals surface area contributed by atoms with E-state index in [0.717, 1.165) is 34.7 Å². The van der Waals surface area contributed by atoms with Crippen molar-refractivity contribution in [2.75, 3.05) is 11.9 Å². The number of aromatic nitrogens is 4. The molecule has 0 saturated heterocycles. The largest absolute Gasteiger partial charge is 0.396 e. The molecule has 6 rings (SSSR count). The van der Waals surface area contributed by atoms with Gasteiger partial charge in [-0.05, 0) is 24.8 Å². The monoisotopic (exact) mass is 390 g/mol. The van der Waals surface area contributed by atoms with Crippen molar-refractivity contribution in [1.82, 2.24) is 19.5 Å². The Labute approximate surface area is 167 Å². The molecule has 0 unspecified atom stereocenters. The minimum absolute atomic E-state index is 0.0262. The van der Waals surface area contributed by atoms with Crippen molar-refractivity contribution in [1.29, 1.82) is 0 Å². The molecule has 2 saturated carbocycles. The van der Waals surface area contributed by atoms with E-state index >= 15 is 0 Å². The van der Waals surface area contributed by atoms with Crippen LogP contribution in [0.1, 0.15) is 30.9 Å². The number of hydrogen-bond donors (Lipinski definition) is 2. The molecule has 8 heteroatoms. The van der Waals surface area contributed by atoms with Gasteiger partial charge in [0.1, 0.15) is 17.9 Å². The molecule has 3 heterocycles. The SMILES string of the molecule is OC[C@H]1C[C@@H](n2cnc3c(NC4CC4)ncnc32)[C@@H]2C(c3ccccc3)=NO[C@H]12. The number of rotatable bonds is 5. The van der Waals surface area contributed by atoms with Crippen LogP contribution in [0.4, 0.5) is 5.82 Å². The first-order valence-corrected chi connectivity index (χ1v) is 10.2. The van der Waals surface area contributed by atoms with Crippen molar-refractivity contribution >= 4 is 22.7 Å². The van der Waals surface area contributed by atoms with Crippen molar-refractivity contribution in [3.63, 3.8) is 0 Å². The van der Waals surface area contributed by atoms with Gasteiger partial charge < -0.3 is 19.8 Å². The van der Waals surface area contributed by atoms with E-state index in [-0.39, 0.29) is 30.6 Å². The van der Waals surface area contributed by atoms with Crippen LogP contribution in [0.5, 0.6) is 0 Å². The summed E-state index contributed by atoms with van der Waals surface area (Å²) in [6, 6.07) is 10.7. The molecule has 8 nitrogen and oxygen atoms in total. The summed E-state index contributed by atoms with van der Waals surface area (Å²) < 4.78 is 2.12. The quantitative estimate of drug-likeness (QED) is 0.694. The van der Waals surface area contributed by atoms with E-state index in [1.807, 2.05) is 24.5 Å². The number of hydrogen-bond acceptors (Lipinski definition) is 7. The van der Waals surface area contributed by atoms with E-state index < -0.39 is 0 Å². The molecule has 2 N–H and O–H groups in total. The molecule has 29 heavy (non-hydrogen) atoms. The minimum atomic E-state index is -0.136. The zero-order valence-corrected chi connectivity index (χ0v) is 15.8. The number of imidazole rings is 1. The molecule has 0 bridgehead atoms. The van der Waals surface area contributed by atoms with Crippen LogP contribution in [-0.4, -0.2) is 49.1 Å². The van der Waals surface area contributed by atoms with Gasteiger partial charge in [0.2, 0.25) is 0 Å². The van der Waals surface area contributed by atoms with E-state index in [2.05, 4.69) is 42.1 Å². The zero-order chi connectivity index (χ0) is 19.4. The molecule has 4 atom stereocenters. The van der Waals surface area contributed by atoms with Gasteiger partial charge in [0.25, 0.3) is 0 Å². The molecule has 3 aliphatic rings. The highest BCUT2D eigenvalue weighted by Crippen LogP contribution is 2.47. The Morgan fingerprint density at radius 3 is 2.79 bits per heavy atom. The molecule has 3 aromatic rings. The predicted octanol–water partition coefficient (Wildman–Crippen LogP) is 2.37. The molecule has 2 aliphatic carbocycles. The number of benzene rings is 1. The molecule has 0 spiro atoms. The van der Waals surface area contributed by atoms with Gasteiger partial charge in [0.05, 0.1) is 18.0 Å². The molecular formula is C21H22N6O2. The molecule has 1 aliphatic heterocycles. The van der Waals surface area contributed by atoms with Gasteiger partial charge in [-0.15, -0.1) is 0 Å². The summed E-state index contributed by atoms with van der Waals surface area (Å²) in [5, 5.41) is 17.8. The van der Waals surface area contributed by atoms with Crippen LogP contribution in [0.25, 0.3) is 11.2 Å². The fourth-order valence-electron chi connectivity index (χ4n) is 4.71. The fourth-order valence-corrected chi connectivity index (χ4v) is 4.71. The van der Waals surface area contributed by atoms with Crippen LogP contribution in [-0.2, 0) is 4.84 Å². The molecule has 0 amide bonds. The Hall–Kier alpha value is -3.00. The smallest absolute Gasteiger partial charge is 0.165 e. The van der Waals surface area contributed by atoms with Crippen LogP contribution in [0.3, 0.4) is 0 Å². The predicted molar refractivity (Wildman–Crippen MR) is 108 cm³/mol. The second-order valence-corrected chi connectivity index (χ2v) is 8.15. The van der Waals surface area contributed by atoms with Crippen molar-refractivity contribution in [2.24, 2.45) is 17.0 Å². The van der Waals surface area contributed by atoms with E-state index in [4.69, 9.17) is 4.84 Å². The number of nitrogens with zero attached hydrogens (tertiary/aromatic N) is 5. The summed E-state index contributed by atoms with van der Waals surface area (Å²) in [5.41, 5.74) is 3.59. The van der Waals surface area contributed by atoms with Crippen molar-refractivity contribution in [3.05, 3.63) is 48.5 Å². The van der Waals surface area contributed by atoms with Crippen LogP contribution in [0, 0.1) is 11.8 Å². The second-order valence-electron chi connectivity index (χ2n) is 8.15. The summed E-state index contributed by atoms with van der Waals surface area (Å²) in [6.07, 6.45) is 6.44. The average molecular weight is 390 g/mol. The molecule has 2 aromatic heterocycles. The maximum absolute atomic E-state index is 9.96. The Balaban J connectivity index is 1.42. The number of aliphatic hydroxyl groups excluding tert-OH is 1. The maximum atomic E-state index is 9.96. The number of aliphatic hydroxyl groups is 1. The highest BCUT2D eigenvalue weighted by atomic mass is 16.6. The average Bonchev–Trinajstić information content (AvgIpc) is 3.16. The van der Waals surface area contributed by atoms with Gasteiger partial charge in [-0.3, -0.25) is 0 Å². The van der Waals surface area contributed by atoms with Gasteiger partial charge in [0, 0.05) is 24.6 Å². The van der Waals surface area contributed by atoms with Crippen LogP contribution in [0.15, 0.2) is 48.1 Å². The minimum Gasteiger partial charge on any atom is -0.396 e. The molecule has 1 aromatic carbocycles. The summed E-state index contributed by atoms with van der Waals surface area (Å²) in [4.78, 5) is 19.4. The standard InChI is InChI=1S/C21H22N6O2/c28-9-13-8-15(16-17(26-29-19(13)16)12-4-2-1-3-5-12)27-11-24-18-20(25-14-6-7-14)22-10-23-21(18)27/h1-5,10-11,13-16,19,28H,6-9H2,(H,22,23,25)/t13-,15-,16-,19-/m1/s1. The lowest BCUT2D eigenvalue weighted by Crippen LogP contribution is -2.28. The van der Waals surface area contributed by atoms with Gasteiger partial charge in [-0.1, -0.05) is 35.5 Å². The number of nitrogens with one attached hydrogen (secondary N) is 1. The van der Waals surface area contributed by atoms with Gasteiger partial charge in [0.15, 0.2) is 11.5 Å². The Kier molecular flexibility index (Phi) is 3.80. The van der Waals surface area contributed by atoms with Crippen LogP contribution >= 0.6 is 0 Å². The highest BCUT2D eigenvalue weighted by molar-refractivity contribution is 6.03. The lowest BCUT2D eigenvalue weighted by Gasteiger charge is -2.20. The fraction of sp³-hybridized carbons (Fsp3) is 0.429. The Morgan fingerprint density at radius 1 is 1.14 bits per heavy atom. The van der Waals surface area contributed by atoms with Gasteiger partial charge in [-0.2, -0.15) is 0 Å². The van der Waals surface area contributed by atoms with Gasteiger partial charge in [-0.25, -0.2) is 15.0 Å². The lowest BCUT2D eigenvalue weighted by molar-refractivity contribution is 0.0206. The molecule has 2 fully saturated rings. The Morgan fingerprint density at radius 2 is 2.00 bits per heavy atom. The third kappa shape index (κ3) is 2.70. The second kappa shape index (κ2) is 6.52. The summed E-state index contributed by atoms with van der Waals surface area (Å²) in [5.74, 6) is 0.865. The van der Waals surface area contributed by atoms with E-state index in [1.54, 1.807) is 6.33 Å². The Bertz CT molecular complexity index is 1080. The highest BCUT2D eigenvalue weighted by Gasteiger charge is 2.52. The first-order chi connectivity index (χ1) is 14.3. The summed E-state index contributed by atoms with van der Waals surface area (Å²) >= 11 is 0. The number of fused-ring (bicyclic) bond motifs is 2. The van der Waals surface area contributed by atoms with E-state index in [1.165, 1.54) is 12.8 Å². The van der Waals surface area contributed by atoms with E-state index in [0.29, 0.717) is 6.04 Å². The van der Waals surface area contributed by atoms with Crippen molar-refractivity contribution in [3.8, 4) is 0 Å². The third-order valence-corrected chi connectivity index (χ3v) is 6.30. The molecule has 148 valence electrons. The van der Waals surface area contributed by atoms with Crippen molar-refractivity contribution < 1.29 is 9.94 Å². The maximum Gasteiger partial charge on any atom is 0.165 e. The van der Waals surface area contributed by atoms with E-state index in [9.17, 15) is 5.11 Å². The normalized spacial score (nSPS) is 28.2. The topological polar surface area (TPSA) is 97.5 Å². The van der Waals surface area contributed by atoms with Gasteiger partial charge >= 0.3 is 0 Å². The third-order valence-electron chi connectivity index (χ3n) is 6.30. The number of anilines is 1.